The highest BCUT2D eigenvalue weighted by Gasteiger charge is 2.31. The van der Waals surface area contributed by atoms with E-state index in [2.05, 4.69) is 37.7 Å². The Hall–Kier alpha value is -0.840. The van der Waals surface area contributed by atoms with E-state index in [-0.39, 0.29) is 0 Å². The SMILES string of the molecule is CCOc1cc(N2CCC(C)C2CBr)nc(C)n1. The van der Waals surface area contributed by atoms with E-state index >= 15 is 0 Å². The van der Waals surface area contributed by atoms with E-state index < -0.39 is 0 Å². The van der Waals surface area contributed by atoms with Gasteiger partial charge in [-0.15, -0.1) is 0 Å². The number of nitrogens with zero attached hydrogens (tertiary/aromatic N) is 3. The fraction of sp³-hybridized carbons (Fsp3) is 0.692. The predicted octanol–water partition coefficient (Wildman–Crippen LogP) is 2.79. The minimum atomic E-state index is 0.508. The second kappa shape index (κ2) is 5.87. The van der Waals surface area contributed by atoms with Crippen molar-refractivity contribution in [2.75, 3.05) is 23.4 Å². The lowest BCUT2D eigenvalue weighted by Crippen LogP contribution is -2.34. The smallest absolute Gasteiger partial charge is 0.218 e. The molecular weight excluding hydrogens is 294 g/mol. The van der Waals surface area contributed by atoms with Crippen LogP contribution in [-0.4, -0.2) is 34.5 Å². The molecular formula is C13H20BrN3O. The third-order valence-corrected chi connectivity index (χ3v) is 4.09. The monoisotopic (exact) mass is 313 g/mol. The Kier molecular flexibility index (Phi) is 4.43. The molecule has 1 aromatic rings. The van der Waals surface area contributed by atoms with Crippen LogP contribution >= 0.6 is 15.9 Å². The summed E-state index contributed by atoms with van der Waals surface area (Å²) in [5, 5.41) is 0.973. The molecule has 0 bridgehead atoms. The molecule has 2 rings (SSSR count). The molecule has 0 spiro atoms. The number of anilines is 1. The number of aryl methyl sites for hydroxylation is 1. The van der Waals surface area contributed by atoms with Gasteiger partial charge in [-0.2, -0.15) is 4.98 Å². The summed E-state index contributed by atoms with van der Waals surface area (Å²) < 4.78 is 5.49. The molecule has 0 N–H and O–H groups in total. The fourth-order valence-electron chi connectivity index (χ4n) is 2.42. The van der Waals surface area contributed by atoms with Crippen LogP contribution < -0.4 is 9.64 Å². The summed E-state index contributed by atoms with van der Waals surface area (Å²) in [6.07, 6.45) is 1.21. The summed E-state index contributed by atoms with van der Waals surface area (Å²) in [6.45, 7) is 7.86. The van der Waals surface area contributed by atoms with Crippen molar-refractivity contribution >= 4 is 21.7 Å². The van der Waals surface area contributed by atoms with Gasteiger partial charge in [-0.3, -0.25) is 0 Å². The van der Waals surface area contributed by atoms with Crippen LogP contribution in [0.15, 0.2) is 6.07 Å². The van der Waals surface area contributed by atoms with E-state index in [1.807, 2.05) is 19.9 Å². The van der Waals surface area contributed by atoms with Crippen LogP contribution in [0.3, 0.4) is 0 Å². The molecule has 5 heteroatoms. The molecule has 2 unspecified atom stereocenters. The normalized spacial score (nSPS) is 23.4. The van der Waals surface area contributed by atoms with Crippen molar-refractivity contribution in [3.05, 3.63) is 11.9 Å². The molecule has 0 radical (unpaired) electrons. The molecule has 18 heavy (non-hydrogen) atoms. The average molecular weight is 314 g/mol. The van der Waals surface area contributed by atoms with Gasteiger partial charge in [0.2, 0.25) is 5.88 Å². The summed E-state index contributed by atoms with van der Waals surface area (Å²) in [5.74, 6) is 3.12. The first-order chi connectivity index (χ1) is 8.65. The second-order valence-corrected chi connectivity index (χ2v) is 5.37. The lowest BCUT2D eigenvalue weighted by Gasteiger charge is -2.26. The van der Waals surface area contributed by atoms with Gasteiger partial charge in [0.05, 0.1) is 6.61 Å². The Morgan fingerprint density at radius 1 is 1.50 bits per heavy atom. The average Bonchev–Trinajstić information content (AvgIpc) is 2.70. The number of alkyl halides is 1. The largest absolute Gasteiger partial charge is 0.478 e. The minimum absolute atomic E-state index is 0.508. The van der Waals surface area contributed by atoms with Crippen LogP contribution in [0.2, 0.25) is 0 Å². The fourth-order valence-corrected chi connectivity index (χ4v) is 3.41. The van der Waals surface area contributed by atoms with Crippen molar-refractivity contribution in [1.29, 1.82) is 0 Å². The number of hydrogen-bond donors (Lipinski definition) is 0. The maximum Gasteiger partial charge on any atom is 0.218 e. The van der Waals surface area contributed by atoms with Crippen molar-refractivity contribution < 1.29 is 4.74 Å². The van der Waals surface area contributed by atoms with Gasteiger partial charge < -0.3 is 9.64 Å². The number of halogens is 1. The van der Waals surface area contributed by atoms with Crippen LogP contribution in [0.25, 0.3) is 0 Å². The zero-order valence-electron chi connectivity index (χ0n) is 11.2. The molecule has 2 heterocycles. The Morgan fingerprint density at radius 3 is 2.94 bits per heavy atom. The Morgan fingerprint density at radius 2 is 2.28 bits per heavy atom. The van der Waals surface area contributed by atoms with Crippen molar-refractivity contribution in [2.24, 2.45) is 5.92 Å². The highest BCUT2D eigenvalue weighted by atomic mass is 79.9. The van der Waals surface area contributed by atoms with Crippen molar-refractivity contribution in [2.45, 2.75) is 33.2 Å². The number of hydrogen-bond acceptors (Lipinski definition) is 4. The molecule has 0 aromatic carbocycles. The molecule has 0 aliphatic carbocycles. The van der Waals surface area contributed by atoms with Crippen LogP contribution in [0, 0.1) is 12.8 Å². The Bertz CT molecular complexity index is 413. The molecule has 100 valence electrons. The molecule has 1 aliphatic rings. The van der Waals surface area contributed by atoms with E-state index in [0.29, 0.717) is 24.4 Å². The van der Waals surface area contributed by atoms with Crippen LogP contribution in [0.5, 0.6) is 5.88 Å². The Balaban J connectivity index is 2.27. The van der Waals surface area contributed by atoms with Gasteiger partial charge >= 0.3 is 0 Å². The summed E-state index contributed by atoms with van der Waals surface area (Å²) in [4.78, 5) is 11.2. The Labute approximate surface area is 117 Å². The topological polar surface area (TPSA) is 38.2 Å². The zero-order chi connectivity index (χ0) is 13.1. The van der Waals surface area contributed by atoms with Crippen molar-refractivity contribution in [1.82, 2.24) is 9.97 Å². The van der Waals surface area contributed by atoms with Gasteiger partial charge in [-0.1, -0.05) is 22.9 Å². The van der Waals surface area contributed by atoms with E-state index in [9.17, 15) is 0 Å². The summed E-state index contributed by atoms with van der Waals surface area (Å²) in [5.41, 5.74) is 0. The van der Waals surface area contributed by atoms with E-state index in [1.165, 1.54) is 6.42 Å². The molecule has 1 saturated heterocycles. The predicted molar refractivity (Wildman–Crippen MR) is 76.6 cm³/mol. The van der Waals surface area contributed by atoms with Gasteiger partial charge in [0, 0.05) is 24.0 Å². The first-order valence-electron chi connectivity index (χ1n) is 6.46. The third kappa shape index (κ3) is 2.76. The van der Waals surface area contributed by atoms with Crippen molar-refractivity contribution in [3.63, 3.8) is 0 Å². The quantitative estimate of drug-likeness (QED) is 0.801. The second-order valence-electron chi connectivity index (χ2n) is 4.73. The van der Waals surface area contributed by atoms with E-state index in [0.717, 1.165) is 23.5 Å². The maximum atomic E-state index is 5.49. The highest BCUT2D eigenvalue weighted by Crippen LogP contribution is 2.30. The minimum Gasteiger partial charge on any atom is -0.478 e. The summed E-state index contributed by atoms with van der Waals surface area (Å²) in [7, 11) is 0. The number of ether oxygens (including phenoxy) is 1. The first kappa shape index (κ1) is 13.6. The van der Waals surface area contributed by atoms with E-state index in [4.69, 9.17) is 4.74 Å². The van der Waals surface area contributed by atoms with Crippen LogP contribution in [0.4, 0.5) is 5.82 Å². The number of aromatic nitrogens is 2. The third-order valence-electron chi connectivity index (χ3n) is 3.43. The summed E-state index contributed by atoms with van der Waals surface area (Å²) >= 11 is 3.61. The number of rotatable bonds is 4. The standard InChI is InChI=1S/C13H20BrN3O/c1-4-18-13-7-12(15-10(3)16-13)17-6-5-9(2)11(17)8-14/h7,9,11H,4-6,8H2,1-3H3. The zero-order valence-corrected chi connectivity index (χ0v) is 12.8. The van der Waals surface area contributed by atoms with Crippen LogP contribution in [-0.2, 0) is 0 Å². The molecule has 0 saturated carbocycles. The molecule has 0 amide bonds. The molecule has 2 atom stereocenters. The maximum absolute atomic E-state index is 5.49. The molecule has 1 fully saturated rings. The molecule has 1 aromatic heterocycles. The highest BCUT2D eigenvalue weighted by molar-refractivity contribution is 9.09. The molecule has 4 nitrogen and oxygen atoms in total. The lowest BCUT2D eigenvalue weighted by atomic mass is 10.1. The van der Waals surface area contributed by atoms with Crippen LogP contribution in [0.1, 0.15) is 26.1 Å². The van der Waals surface area contributed by atoms with Gasteiger partial charge in [0.1, 0.15) is 11.6 Å². The van der Waals surface area contributed by atoms with Crippen molar-refractivity contribution in [3.8, 4) is 5.88 Å². The van der Waals surface area contributed by atoms with E-state index in [1.54, 1.807) is 0 Å². The van der Waals surface area contributed by atoms with Gasteiger partial charge in [0.15, 0.2) is 0 Å². The molecule has 1 aliphatic heterocycles. The summed E-state index contributed by atoms with van der Waals surface area (Å²) in [6, 6.07) is 2.46. The van der Waals surface area contributed by atoms with Gasteiger partial charge in [-0.25, -0.2) is 4.98 Å². The van der Waals surface area contributed by atoms with Gasteiger partial charge in [-0.05, 0) is 26.2 Å². The first-order valence-corrected chi connectivity index (χ1v) is 7.59. The van der Waals surface area contributed by atoms with Gasteiger partial charge in [0.25, 0.3) is 0 Å². The lowest BCUT2D eigenvalue weighted by molar-refractivity contribution is 0.325.